The fraction of sp³-hybridized carbons (Fsp3) is 0.400. The Hall–Kier alpha value is 0.130. The van der Waals surface area contributed by atoms with Gasteiger partial charge in [-0.05, 0) is 19.1 Å². The fourth-order valence-electron chi connectivity index (χ4n) is 1.12. The van der Waals surface area contributed by atoms with Gasteiger partial charge in [0, 0.05) is 10.2 Å². The van der Waals surface area contributed by atoms with Crippen LogP contribution >= 0.6 is 31.9 Å². The molecule has 15 heavy (non-hydrogen) atoms. The molecule has 0 N–H and O–H groups in total. The van der Waals surface area contributed by atoms with E-state index in [9.17, 15) is 8.42 Å². The van der Waals surface area contributed by atoms with Crippen LogP contribution in [0, 0.1) is 6.92 Å². The Labute approximate surface area is 107 Å². The number of rotatable bonds is 4. The van der Waals surface area contributed by atoms with Gasteiger partial charge in [0.1, 0.15) is 0 Å². The van der Waals surface area contributed by atoms with Gasteiger partial charge in [-0.15, -0.1) is 0 Å². The summed E-state index contributed by atoms with van der Waals surface area (Å²) in [5.74, 6) is 0.112. The average Bonchev–Trinajstić information content (AvgIpc) is 2.17. The van der Waals surface area contributed by atoms with Crippen LogP contribution in [0.3, 0.4) is 0 Å². The van der Waals surface area contributed by atoms with Gasteiger partial charge in [-0.1, -0.05) is 49.6 Å². The van der Waals surface area contributed by atoms with E-state index in [2.05, 4.69) is 31.9 Å². The number of benzene rings is 1. The lowest BCUT2D eigenvalue weighted by atomic mass is 10.2. The summed E-state index contributed by atoms with van der Waals surface area (Å²) in [5, 5.41) is 0.623. The minimum absolute atomic E-state index is 0.0520. The highest BCUT2D eigenvalue weighted by atomic mass is 79.9. The van der Waals surface area contributed by atoms with Crippen LogP contribution in [0.2, 0.25) is 0 Å². The first-order valence-corrected chi connectivity index (χ1v) is 8.14. The quantitative estimate of drug-likeness (QED) is 0.778. The van der Waals surface area contributed by atoms with Gasteiger partial charge in [0.15, 0.2) is 9.84 Å². The van der Waals surface area contributed by atoms with Crippen molar-refractivity contribution in [1.82, 2.24) is 0 Å². The Morgan fingerprint density at radius 1 is 1.27 bits per heavy atom. The summed E-state index contributed by atoms with van der Waals surface area (Å²) in [6.07, 6.45) is 0. The fourth-order valence-corrected chi connectivity index (χ4v) is 4.04. The second-order valence-corrected chi connectivity index (χ2v) is 7.32. The first-order valence-electron chi connectivity index (χ1n) is 4.45. The van der Waals surface area contributed by atoms with Crippen LogP contribution in [-0.4, -0.2) is 24.3 Å². The molecule has 0 aliphatic carbocycles. The maximum atomic E-state index is 11.9. The van der Waals surface area contributed by atoms with Crippen molar-refractivity contribution < 1.29 is 8.42 Å². The minimum atomic E-state index is -3.17. The van der Waals surface area contributed by atoms with E-state index in [1.165, 1.54) is 0 Å². The highest BCUT2D eigenvalue weighted by molar-refractivity contribution is 9.12. The Balaban J connectivity index is 2.91. The monoisotopic (exact) mass is 354 g/mol. The zero-order valence-corrected chi connectivity index (χ0v) is 12.3. The van der Waals surface area contributed by atoms with Crippen LogP contribution in [0.4, 0.5) is 0 Å². The SMILES string of the molecule is Cc1ccc(S(=O)(=O)CC(Br)CBr)cc1. The summed E-state index contributed by atoms with van der Waals surface area (Å²) < 4.78 is 23.7. The highest BCUT2D eigenvalue weighted by Gasteiger charge is 2.18. The molecule has 1 unspecified atom stereocenters. The van der Waals surface area contributed by atoms with Crippen LogP contribution in [0.1, 0.15) is 5.56 Å². The largest absolute Gasteiger partial charge is 0.224 e. The van der Waals surface area contributed by atoms with Crippen LogP contribution in [-0.2, 0) is 9.84 Å². The van der Waals surface area contributed by atoms with E-state index in [4.69, 9.17) is 0 Å². The van der Waals surface area contributed by atoms with Crippen LogP contribution < -0.4 is 0 Å². The van der Waals surface area contributed by atoms with E-state index in [1.54, 1.807) is 12.1 Å². The Kier molecular flexibility index (Phi) is 4.80. The molecule has 0 bridgehead atoms. The third-order valence-electron chi connectivity index (χ3n) is 1.95. The summed E-state index contributed by atoms with van der Waals surface area (Å²) in [6, 6.07) is 6.92. The zero-order valence-electron chi connectivity index (χ0n) is 8.28. The van der Waals surface area contributed by atoms with Crippen LogP contribution in [0.25, 0.3) is 0 Å². The second kappa shape index (κ2) is 5.46. The summed E-state index contributed by atoms with van der Waals surface area (Å²) in [6.45, 7) is 1.93. The maximum absolute atomic E-state index is 11.9. The molecule has 0 saturated carbocycles. The molecule has 0 spiro atoms. The minimum Gasteiger partial charge on any atom is -0.224 e. The van der Waals surface area contributed by atoms with Crippen LogP contribution in [0.15, 0.2) is 29.2 Å². The van der Waals surface area contributed by atoms with E-state index in [0.29, 0.717) is 10.2 Å². The molecule has 1 atom stereocenters. The molecule has 1 rings (SSSR count). The van der Waals surface area contributed by atoms with Crippen molar-refractivity contribution in [3.8, 4) is 0 Å². The predicted octanol–water partition coefficient (Wildman–Crippen LogP) is 2.93. The lowest BCUT2D eigenvalue weighted by molar-refractivity contribution is 0.595. The third-order valence-corrected chi connectivity index (χ3v) is 6.51. The Morgan fingerprint density at radius 2 is 1.80 bits per heavy atom. The van der Waals surface area contributed by atoms with E-state index >= 15 is 0 Å². The molecule has 84 valence electrons. The maximum Gasteiger partial charge on any atom is 0.179 e. The van der Waals surface area contributed by atoms with Crippen molar-refractivity contribution in [2.75, 3.05) is 11.1 Å². The zero-order chi connectivity index (χ0) is 11.5. The van der Waals surface area contributed by atoms with E-state index in [1.807, 2.05) is 19.1 Å². The smallest absolute Gasteiger partial charge is 0.179 e. The molecule has 0 aliphatic rings. The van der Waals surface area contributed by atoms with Gasteiger partial charge < -0.3 is 0 Å². The van der Waals surface area contributed by atoms with Crippen LogP contribution in [0.5, 0.6) is 0 Å². The molecular formula is C10H12Br2O2S. The van der Waals surface area contributed by atoms with Gasteiger partial charge >= 0.3 is 0 Å². The summed E-state index contributed by atoms with van der Waals surface area (Å²) in [4.78, 5) is 0.335. The highest BCUT2D eigenvalue weighted by Crippen LogP contribution is 2.16. The van der Waals surface area contributed by atoms with Crippen molar-refractivity contribution in [3.63, 3.8) is 0 Å². The van der Waals surface area contributed by atoms with Gasteiger partial charge in [-0.3, -0.25) is 0 Å². The molecule has 1 aromatic rings. The molecule has 0 radical (unpaired) electrons. The van der Waals surface area contributed by atoms with Crippen molar-refractivity contribution in [3.05, 3.63) is 29.8 Å². The van der Waals surface area contributed by atoms with Crippen molar-refractivity contribution in [2.24, 2.45) is 0 Å². The standard InChI is InChI=1S/C10H12Br2O2S/c1-8-2-4-10(5-3-8)15(13,14)7-9(12)6-11/h2-5,9H,6-7H2,1H3. The lowest BCUT2D eigenvalue weighted by Gasteiger charge is -2.07. The molecule has 0 aliphatic heterocycles. The van der Waals surface area contributed by atoms with E-state index in [0.717, 1.165) is 5.56 Å². The number of aryl methyl sites for hydroxylation is 1. The van der Waals surface area contributed by atoms with Gasteiger partial charge in [0.05, 0.1) is 10.6 Å². The second-order valence-electron chi connectivity index (χ2n) is 3.35. The van der Waals surface area contributed by atoms with E-state index in [-0.39, 0.29) is 10.6 Å². The summed E-state index contributed by atoms with van der Waals surface area (Å²) in [5.41, 5.74) is 1.06. The number of halogens is 2. The summed E-state index contributed by atoms with van der Waals surface area (Å²) >= 11 is 6.54. The molecule has 0 amide bonds. The number of hydrogen-bond donors (Lipinski definition) is 0. The number of hydrogen-bond acceptors (Lipinski definition) is 2. The molecule has 0 saturated heterocycles. The first-order chi connectivity index (χ1) is 6.95. The van der Waals surface area contributed by atoms with Crippen molar-refractivity contribution in [2.45, 2.75) is 16.6 Å². The van der Waals surface area contributed by atoms with Gasteiger partial charge in [-0.25, -0.2) is 8.42 Å². The molecular weight excluding hydrogens is 344 g/mol. The molecule has 2 nitrogen and oxygen atoms in total. The predicted molar refractivity (Wildman–Crippen MR) is 69.7 cm³/mol. The van der Waals surface area contributed by atoms with Gasteiger partial charge in [-0.2, -0.15) is 0 Å². The first kappa shape index (κ1) is 13.2. The molecule has 0 fully saturated rings. The molecule has 5 heteroatoms. The van der Waals surface area contributed by atoms with Gasteiger partial charge in [0.25, 0.3) is 0 Å². The Bertz CT molecular complexity index is 412. The molecule has 0 aromatic heterocycles. The Morgan fingerprint density at radius 3 is 2.27 bits per heavy atom. The van der Waals surface area contributed by atoms with Crippen molar-refractivity contribution >= 4 is 41.7 Å². The lowest BCUT2D eigenvalue weighted by Crippen LogP contribution is -2.17. The average molecular weight is 356 g/mol. The number of alkyl halides is 2. The normalized spacial score (nSPS) is 13.8. The third kappa shape index (κ3) is 3.89. The topological polar surface area (TPSA) is 34.1 Å². The van der Waals surface area contributed by atoms with Crippen molar-refractivity contribution in [1.29, 1.82) is 0 Å². The molecule has 0 heterocycles. The molecule has 1 aromatic carbocycles. The van der Waals surface area contributed by atoms with Gasteiger partial charge in [0.2, 0.25) is 0 Å². The number of sulfone groups is 1. The summed E-state index contributed by atoms with van der Waals surface area (Å²) in [7, 11) is -3.17. The van der Waals surface area contributed by atoms with E-state index < -0.39 is 9.84 Å².